The number of piperidine rings is 3. The predicted molar refractivity (Wildman–Crippen MR) is 129 cm³/mol. The Labute approximate surface area is 200 Å². The molecule has 0 saturated carbocycles. The second-order valence-corrected chi connectivity index (χ2v) is 9.87. The zero-order valence-electron chi connectivity index (χ0n) is 19.6. The van der Waals surface area contributed by atoms with Crippen LogP contribution in [0, 0.1) is 17.7 Å². The van der Waals surface area contributed by atoms with E-state index in [-0.39, 0.29) is 36.0 Å². The van der Waals surface area contributed by atoms with Crippen molar-refractivity contribution in [2.75, 3.05) is 37.6 Å². The first-order chi connectivity index (χ1) is 16.6. The zero-order chi connectivity index (χ0) is 23.5. The monoisotopic (exact) mass is 464 g/mol. The normalized spacial score (nSPS) is 25.1. The maximum absolute atomic E-state index is 14.0. The Morgan fingerprint density at radius 2 is 1.76 bits per heavy atom. The number of likely N-dealkylation sites (tertiary alicyclic amines) is 2. The fourth-order valence-electron chi connectivity index (χ4n) is 5.98. The molecule has 1 aromatic heterocycles. The van der Waals surface area contributed by atoms with E-state index in [0.29, 0.717) is 24.6 Å². The van der Waals surface area contributed by atoms with Gasteiger partial charge in [0.2, 0.25) is 11.8 Å². The van der Waals surface area contributed by atoms with Gasteiger partial charge >= 0.3 is 0 Å². The lowest BCUT2D eigenvalue weighted by Crippen LogP contribution is -2.58. The molecule has 0 aliphatic carbocycles. The van der Waals surface area contributed by atoms with E-state index in [0.717, 1.165) is 57.6 Å². The zero-order valence-corrected chi connectivity index (χ0v) is 19.6. The summed E-state index contributed by atoms with van der Waals surface area (Å²) in [6.07, 6.45) is 6.61. The summed E-state index contributed by atoms with van der Waals surface area (Å²) in [4.78, 5) is 37.2. The molecule has 0 bridgehead atoms. The number of aromatic nitrogens is 1. The number of benzene rings is 1. The molecule has 3 saturated heterocycles. The molecule has 180 valence electrons. The molecule has 0 radical (unpaired) electrons. The second-order valence-electron chi connectivity index (χ2n) is 9.87. The van der Waals surface area contributed by atoms with Gasteiger partial charge in [-0.2, -0.15) is 0 Å². The molecule has 2 aromatic rings. The van der Waals surface area contributed by atoms with Crippen LogP contribution in [-0.4, -0.2) is 65.4 Å². The summed E-state index contributed by atoms with van der Waals surface area (Å²) in [6, 6.07) is 12.6. The number of rotatable bonds is 4. The van der Waals surface area contributed by atoms with Crippen LogP contribution in [0.1, 0.15) is 37.7 Å². The molecule has 0 spiro atoms. The van der Waals surface area contributed by atoms with Gasteiger partial charge in [0.1, 0.15) is 11.6 Å². The Morgan fingerprint density at radius 3 is 2.59 bits per heavy atom. The van der Waals surface area contributed by atoms with Gasteiger partial charge in [0.15, 0.2) is 0 Å². The summed E-state index contributed by atoms with van der Waals surface area (Å²) in [5.74, 6) is 1.15. The number of hydrogen-bond acceptors (Lipinski definition) is 4. The van der Waals surface area contributed by atoms with Gasteiger partial charge in [-0.3, -0.25) is 9.59 Å². The fraction of sp³-hybridized carbons (Fsp3) is 0.519. The van der Waals surface area contributed by atoms with Crippen LogP contribution in [-0.2, 0) is 16.0 Å². The number of halogens is 1. The highest BCUT2D eigenvalue weighted by molar-refractivity contribution is 5.81. The van der Waals surface area contributed by atoms with Crippen molar-refractivity contribution in [3.05, 3.63) is 60.0 Å². The largest absolute Gasteiger partial charge is 0.356 e. The summed E-state index contributed by atoms with van der Waals surface area (Å²) in [6.45, 7) is 3.75. The van der Waals surface area contributed by atoms with Crippen LogP contribution in [0.2, 0.25) is 0 Å². The van der Waals surface area contributed by atoms with Crippen molar-refractivity contribution in [1.29, 1.82) is 0 Å². The number of anilines is 1. The van der Waals surface area contributed by atoms with Crippen molar-refractivity contribution in [2.45, 2.75) is 44.6 Å². The average molecular weight is 465 g/mol. The summed E-state index contributed by atoms with van der Waals surface area (Å²) in [5.41, 5.74) is 0.449. The minimum atomic E-state index is -0.326. The van der Waals surface area contributed by atoms with Gasteiger partial charge in [-0.15, -0.1) is 0 Å². The molecule has 3 atom stereocenters. The van der Waals surface area contributed by atoms with Gasteiger partial charge in [-0.25, -0.2) is 9.37 Å². The van der Waals surface area contributed by atoms with Crippen LogP contribution in [0.15, 0.2) is 48.7 Å². The minimum absolute atomic E-state index is 0.00442. The van der Waals surface area contributed by atoms with Crippen molar-refractivity contribution in [3.8, 4) is 0 Å². The van der Waals surface area contributed by atoms with E-state index in [1.54, 1.807) is 24.4 Å². The second kappa shape index (κ2) is 10.1. The average Bonchev–Trinajstić information content (AvgIpc) is 2.89. The van der Waals surface area contributed by atoms with Crippen molar-refractivity contribution >= 4 is 17.6 Å². The minimum Gasteiger partial charge on any atom is -0.356 e. The summed E-state index contributed by atoms with van der Waals surface area (Å²) >= 11 is 0. The first-order valence-corrected chi connectivity index (χ1v) is 12.6. The molecular formula is C27H33FN4O2. The molecule has 2 amide bonds. The van der Waals surface area contributed by atoms with Gasteiger partial charge in [0.25, 0.3) is 0 Å². The third kappa shape index (κ3) is 4.79. The number of hydrogen-bond donors (Lipinski definition) is 0. The Balaban J connectivity index is 1.21. The summed E-state index contributed by atoms with van der Waals surface area (Å²) in [7, 11) is 0. The molecule has 3 aliphatic heterocycles. The van der Waals surface area contributed by atoms with E-state index in [1.807, 2.05) is 23.1 Å². The highest BCUT2D eigenvalue weighted by Crippen LogP contribution is 2.33. The highest BCUT2D eigenvalue weighted by atomic mass is 19.1. The standard InChI is InChI=1S/C27H33FN4O2/c28-23-10-2-1-7-20(23)17-26(33)31-16-12-24-21(18-31)8-6-15-32(24)27(34)22-9-5-14-30(19-22)25-11-3-4-13-29-25/h1-4,7,10-11,13,21-22,24H,5-6,8-9,12,14-19H2/t21-,22?,24+/m1/s1. The number of amides is 2. The van der Waals surface area contributed by atoms with Crippen LogP contribution >= 0.6 is 0 Å². The summed E-state index contributed by atoms with van der Waals surface area (Å²) < 4.78 is 14.0. The van der Waals surface area contributed by atoms with E-state index in [1.165, 1.54) is 6.07 Å². The Kier molecular flexibility index (Phi) is 6.79. The van der Waals surface area contributed by atoms with E-state index < -0.39 is 0 Å². The number of carbonyl (C=O) groups is 2. The Morgan fingerprint density at radius 1 is 0.941 bits per heavy atom. The van der Waals surface area contributed by atoms with Gasteiger partial charge in [-0.1, -0.05) is 24.3 Å². The molecule has 5 rings (SSSR count). The number of carbonyl (C=O) groups excluding carboxylic acids is 2. The molecule has 0 N–H and O–H groups in total. The van der Waals surface area contributed by atoms with Crippen LogP contribution in [0.4, 0.5) is 10.2 Å². The maximum atomic E-state index is 14.0. The molecule has 1 unspecified atom stereocenters. The van der Waals surface area contributed by atoms with Crippen molar-refractivity contribution in [3.63, 3.8) is 0 Å². The third-order valence-corrected chi connectivity index (χ3v) is 7.75. The van der Waals surface area contributed by atoms with Gasteiger partial charge in [0, 0.05) is 45.0 Å². The molecular weight excluding hydrogens is 431 g/mol. The van der Waals surface area contributed by atoms with E-state index in [4.69, 9.17) is 0 Å². The van der Waals surface area contributed by atoms with Gasteiger partial charge in [0.05, 0.1) is 12.3 Å². The Hall–Kier alpha value is -2.96. The number of nitrogens with zero attached hydrogens (tertiary/aromatic N) is 4. The number of fused-ring (bicyclic) bond motifs is 1. The van der Waals surface area contributed by atoms with Gasteiger partial charge < -0.3 is 14.7 Å². The number of pyridine rings is 1. The van der Waals surface area contributed by atoms with E-state index in [9.17, 15) is 14.0 Å². The van der Waals surface area contributed by atoms with Crippen LogP contribution in [0.25, 0.3) is 0 Å². The molecule has 4 heterocycles. The Bertz CT molecular complexity index is 1020. The van der Waals surface area contributed by atoms with E-state index >= 15 is 0 Å². The highest BCUT2D eigenvalue weighted by Gasteiger charge is 2.41. The molecule has 3 aliphatic rings. The van der Waals surface area contributed by atoms with Gasteiger partial charge in [-0.05, 0) is 61.8 Å². The third-order valence-electron chi connectivity index (χ3n) is 7.75. The molecule has 3 fully saturated rings. The van der Waals surface area contributed by atoms with Crippen molar-refractivity contribution < 1.29 is 14.0 Å². The van der Waals surface area contributed by atoms with E-state index in [2.05, 4.69) is 14.8 Å². The summed E-state index contributed by atoms with van der Waals surface area (Å²) in [5, 5.41) is 0. The lowest BCUT2D eigenvalue weighted by Gasteiger charge is -2.48. The molecule has 6 nitrogen and oxygen atoms in total. The first-order valence-electron chi connectivity index (χ1n) is 12.6. The quantitative estimate of drug-likeness (QED) is 0.695. The van der Waals surface area contributed by atoms with Crippen LogP contribution in [0.3, 0.4) is 0 Å². The maximum Gasteiger partial charge on any atom is 0.227 e. The lowest BCUT2D eigenvalue weighted by molar-refractivity contribution is -0.145. The first kappa shape index (κ1) is 22.8. The van der Waals surface area contributed by atoms with Crippen LogP contribution < -0.4 is 4.90 Å². The van der Waals surface area contributed by atoms with Crippen molar-refractivity contribution in [1.82, 2.24) is 14.8 Å². The lowest BCUT2D eigenvalue weighted by atomic mass is 9.82. The molecule has 7 heteroatoms. The van der Waals surface area contributed by atoms with Crippen molar-refractivity contribution in [2.24, 2.45) is 11.8 Å². The predicted octanol–water partition coefficient (Wildman–Crippen LogP) is 3.52. The van der Waals surface area contributed by atoms with Crippen LogP contribution in [0.5, 0.6) is 0 Å². The molecule has 34 heavy (non-hydrogen) atoms. The smallest absolute Gasteiger partial charge is 0.227 e. The topological polar surface area (TPSA) is 56.8 Å². The fourth-order valence-corrected chi connectivity index (χ4v) is 5.98. The molecule has 1 aromatic carbocycles. The SMILES string of the molecule is O=C(Cc1ccccc1F)N1CC[C@H]2[C@H](CCCN2C(=O)C2CCCN(c3ccccn3)C2)C1.